The minimum Gasteiger partial charge on any atom is -0.497 e. The third-order valence-electron chi connectivity index (χ3n) is 5.00. The first-order valence-corrected chi connectivity index (χ1v) is 11.2. The first-order valence-electron chi connectivity index (χ1n) is 9.77. The zero-order chi connectivity index (χ0) is 25.3. The number of halogens is 1. The van der Waals surface area contributed by atoms with Crippen LogP contribution < -0.4 is 16.0 Å². The molecule has 184 valence electrons. The van der Waals surface area contributed by atoms with Crippen LogP contribution in [0.15, 0.2) is 51.0 Å². The van der Waals surface area contributed by atoms with E-state index in [-0.39, 0.29) is 5.75 Å². The molecule has 1 saturated heterocycles. The zero-order valence-corrected chi connectivity index (χ0v) is 19.0. The van der Waals surface area contributed by atoms with E-state index in [0.29, 0.717) is 4.57 Å². The average molecular weight is 500 g/mol. The van der Waals surface area contributed by atoms with Gasteiger partial charge in [0.2, 0.25) is 9.84 Å². The predicted molar refractivity (Wildman–Crippen MR) is 111 cm³/mol. The molecule has 4 atom stereocenters. The van der Waals surface area contributed by atoms with Crippen molar-refractivity contribution in [3.63, 3.8) is 0 Å². The van der Waals surface area contributed by atoms with Gasteiger partial charge in [-0.05, 0) is 24.3 Å². The van der Waals surface area contributed by atoms with Crippen LogP contribution in [0.4, 0.5) is 4.39 Å². The number of ether oxygens (including phenoxy) is 4. The average Bonchev–Trinajstić information content (AvgIpc) is 3.05. The first kappa shape index (κ1) is 25.1. The maximum absolute atomic E-state index is 17.0. The van der Waals surface area contributed by atoms with Gasteiger partial charge in [-0.15, -0.1) is 0 Å². The molecule has 0 saturated carbocycles. The maximum Gasteiger partial charge on any atom is 0.330 e. The van der Waals surface area contributed by atoms with Crippen molar-refractivity contribution in [1.82, 2.24) is 9.55 Å². The zero-order valence-electron chi connectivity index (χ0n) is 18.2. The van der Waals surface area contributed by atoms with Gasteiger partial charge in [-0.2, -0.15) is 0 Å². The Kier molecular flexibility index (Phi) is 6.93. The van der Waals surface area contributed by atoms with Crippen LogP contribution in [0.2, 0.25) is 0 Å². The smallest absolute Gasteiger partial charge is 0.330 e. The summed E-state index contributed by atoms with van der Waals surface area (Å²) in [5, 5.41) is -3.58. The highest BCUT2D eigenvalue weighted by Gasteiger charge is 2.69. The Labute approximate surface area is 192 Å². The number of H-pyrrole nitrogens is 1. The molecule has 12 nitrogen and oxygen atoms in total. The molecule has 0 bridgehead atoms. The third kappa shape index (κ3) is 4.46. The summed E-state index contributed by atoms with van der Waals surface area (Å²) >= 11 is 0. The molecule has 1 fully saturated rings. The van der Waals surface area contributed by atoms with E-state index in [4.69, 9.17) is 18.9 Å². The lowest BCUT2D eigenvalue weighted by Gasteiger charge is -2.30. The Balaban J connectivity index is 2.24. The molecule has 3 rings (SSSR count). The molecular weight excluding hydrogens is 479 g/mol. The van der Waals surface area contributed by atoms with Crippen LogP contribution >= 0.6 is 0 Å². The lowest BCUT2D eigenvalue weighted by atomic mass is 10.1. The Morgan fingerprint density at radius 3 is 2.32 bits per heavy atom. The molecular formula is C20H21FN2O10S. The molecule has 1 N–H and O–H groups in total. The molecule has 0 amide bonds. The molecule has 1 aliphatic heterocycles. The summed E-state index contributed by atoms with van der Waals surface area (Å²) in [6, 6.07) is 5.51. The van der Waals surface area contributed by atoms with E-state index in [1.165, 1.54) is 19.2 Å². The van der Waals surface area contributed by atoms with E-state index < -0.39 is 68.0 Å². The number of esters is 2. The quantitative estimate of drug-likeness (QED) is 0.516. The fraction of sp³-hybridized carbons (Fsp3) is 0.400. The number of nitrogens with zero attached hydrogens (tertiary/aromatic N) is 1. The van der Waals surface area contributed by atoms with E-state index in [1.54, 1.807) is 0 Å². The van der Waals surface area contributed by atoms with Crippen LogP contribution in [0.3, 0.4) is 0 Å². The number of alkyl halides is 1. The minimum absolute atomic E-state index is 0.284. The number of nitrogens with one attached hydrogen (secondary N) is 1. The number of hydrogen-bond acceptors (Lipinski definition) is 10. The lowest BCUT2D eigenvalue weighted by Crippen LogP contribution is -2.53. The van der Waals surface area contributed by atoms with Gasteiger partial charge in [0.05, 0.1) is 12.0 Å². The van der Waals surface area contributed by atoms with Crippen molar-refractivity contribution in [1.29, 1.82) is 0 Å². The van der Waals surface area contributed by atoms with Crippen molar-refractivity contribution in [2.24, 2.45) is 0 Å². The van der Waals surface area contributed by atoms with E-state index >= 15 is 4.39 Å². The molecule has 1 aromatic carbocycles. The number of aromatic nitrogens is 2. The third-order valence-corrected chi connectivity index (χ3v) is 7.15. The summed E-state index contributed by atoms with van der Waals surface area (Å²) in [4.78, 5) is 48.4. The summed E-state index contributed by atoms with van der Waals surface area (Å²) in [6.07, 6.45) is -5.16. The van der Waals surface area contributed by atoms with E-state index in [2.05, 4.69) is 0 Å². The number of rotatable bonds is 7. The van der Waals surface area contributed by atoms with Gasteiger partial charge >= 0.3 is 17.6 Å². The minimum atomic E-state index is -5.07. The number of sulfone groups is 1. The molecule has 0 radical (unpaired) electrons. The predicted octanol–water partition coefficient (Wildman–Crippen LogP) is 0.0771. The summed E-state index contributed by atoms with van der Waals surface area (Å²) in [6.45, 7) is 1.28. The van der Waals surface area contributed by atoms with Gasteiger partial charge in [0.25, 0.3) is 10.6 Å². The van der Waals surface area contributed by atoms with Crippen molar-refractivity contribution in [3.8, 4) is 5.75 Å². The summed E-state index contributed by atoms with van der Waals surface area (Å²) in [7, 11) is -3.72. The van der Waals surface area contributed by atoms with Gasteiger partial charge in [-0.25, -0.2) is 17.6 Å². The second kappa shape index (κ2) is 9.38. The van der Waals surface area contributed by atoms with Gasteiger partial charge in [-0.3, -0.25) is 23.9 Å². The number of aromatic amines is 1. The highest BCUT2D eigenvalue weighted by molar-refractivity contribution is 7.92. The number of hydrogen-bond donors (Lipinski definition) is 1. The number of benzene rings is 1. The Hall–Kier alpha value is -3.52. The van der Waals surface area contributed by atoms with Gasteiger partial charge in [0.1, 0.15) is 18.5 Å². The van der Waals surface area contributed by atoms with E-state index in [9.17, 15) is 27.6 Å². The standard InChI is InChI=1S/C20H21FN2O10S/c1-11(24)31-10-15-17(32-12(2)25)20(21,18(33-15)23-9-8-16(26)22-19(23)27)34(28,29)14-6-4-13(30-3)5-7-14/h4-9,15,17-18H,10H2,1-3H3,(H,22,26,27)/t15-,17-,18-,20?/m1/s1. The van der Waals surface area contributed by atoms with Gasteiger partial charge in [-0.1, -0.05) is 0 Å². The van der Waals surface area contributed by atoms with Crippen LogP contribution in [-0.4, -0.2) is 60.8 Å². The summed E-state index contributed by atoms with van der Waals surface area (Å²) in [5.74, 6) is -1.56. The molecule has 2 aromatic rings. The van der Waals surface area contributed by atoms with E-state index in [1.807, 2.05) is 4.98 Å². The van der Waals surface area contributed by atoms with Crippen molar-refractivity contribution in [2.75, 3.05) is 13.7 Å². The van der Waals surface area contributed by atoms with Gasteiger partial charge < -0.3 is 18.9 Å². The Morgan fingerprint density at radius 2 is 1.79 bits per heavy atom. The Bertz CT molecular complexity index is 1300. The fourth-order valence-electron chi connectivity index (χ4n) is 3.47. The number of carbonyl (C=O) groups excluding carboxylic acids is 2. The molecule has 0 spiro atoms. The SMILES string of the molecule is COc1ccc(S(=O)(=O)C2(F)[C@H](OC(C)=O)[C@@H](COC(C)=O)O[C@H]2n2ccc(=O)[nH]c2=O)cc1. The topological polar surface area (TPSA) is 160 Å². The largest absolute Gasteiger partial charge is 0.497 e. The molecule has 2 heterocycles. The van der Waals surface area contributed by atoms with Gasteiger partial charge in [0.15, 0.2) is 12.3 Å². The lowest BCUT2D eigenvalue weighted by molar-refractivity contribution is -0.157. The molecule has 34 heavy (non-hydrogen) atoms. The van der Waals surface area contributed by atoms with E-state index in [0.717, 1.165) is 38.2 Å². The second-order valence-electron chi connectivity index (χ2n) is 7.25. The summed E-state index contributed by atoms with van der Waals surface area (Å²) in [5.41, 5.74) is -2.01. The van der Waals surface area contributed by atoms with Crippen molar-refractivity contribution in [2.45, 2.75) is 42.2 Å². The van der Waals surface area contributed by atoms with Crippen LogP contribution in [0.1, 0.15) is 20.1 Å². The van der Waals surface area contributed by atoms with Crippen LogP contribution in [0.5, 0.6) is 5.75 Å². The van der Waals surface area contributed by atoms with Crippen LogP contribution in [0.25, 0.3) is 0 Å². The summed E-state index contributed by atoms with van der Waals surface area (Å²) < 4.78 is 65.0. The molecule has 0 aliphatic carbocycles. The maximum atomic E-state index is 17.0. The first-order chi connectivity index (χ1) is 15.9. The number of methoxy groups -OCH3 is 1. The van der Waals surface area contributed by atoms with Crippen molar-refractivity contribution < 1.29 is 41.3 Å². The van der Waals surface area contributed by atoms with Crippen molar-refractivity contribution >= 4 is 21.8 Å². The molecule has 1 aliphatic rings. The fourth-order valence-corrected chi connectivity index (χ4v) is 5.27. The second-order valence-corrected chi connectivity index (χ2v) is 9.36. The molecule has 1 unspecified atom stereocenters. The monoisotopic (exact) mass is 500 g/mol. The van der Waals surface area contributed by atoms with Crippen LogP contribution in [-0.2, 0) is 33.6 Å². The number of carbonyl (C=O) groups is 2. The van der Waals surface area contributed by atoms with Crippen LogP contribution in [0, 0.1) is 0 Å². The normalized spacial score (nSPS) is 24.4. The highest BCUT2D eigenvalue weighted by atomic mass is 32.2. The van der Waals surface area contributed by atoms with Crippen molar-refractivity contribution in [3.05, 3.63) is 57.4 Å². The van der Waals surface area contributed by atoms with Gasteiger partial charge in [0, 0.05) is 26.1 Å². The molecule has 14 heteroatoms. The Morgan fingerprint density at radius 1 is 1.15 bits per heavy atom. The highest BCUT2D eigenvalue weighted by Crippen LogP contribution is 2.49. The molecule has 1 aromatic heterocycles.